The number of carbonyl (C=O) groups excluding carboxylic acids is 1. The summed E-state index contributed by atoms with van der Waals surface area (Å²) in [5.41, 5.74) is -0.504. The van der Waals surface area contributed by atoms with E-state index in [1.54, 1.807) is 13.0 Å². The van der Waals surface area contributed by atoms with E-state index >= 15 is 0 Å². The third-order valence-corrected chi connectivity index (χ3v) is 2.52. The van der Waals surface area contributed by atoms with Crippen LogP contribution in [-0.4, -0.2) is 17.4 Å². The molecule has 0 fully saturated rings. The molecule has 0 aliphatic rings. The lowest BCUT2D eigenvalue weighted by molar-refractivity contribution is -0.0382. The zero-order valence-corrected chi connectivity index (χ0v) is 12.6. The average molecular weight is 277 g/mol. The molecule has 1 aromatic carbocycles. The molecule has 1 aromatic rings. The number of amides is 1. The van der Waals surface area contributed by atoms with Gasteiger partial charge in [-0.25, -0.2) is 4.79 Å². The van der Waals surface area contributed by atoms with Crippen molar-refractivity contribution in [3.05, 3.63) is 48.6 Å². The van der Waals surface area contributed by atoms with Crippen molar-refractivity contribution in [1.82, 2.24) is 5.32 Å². The molecule has 0 bridgehead atoms. The van der Waals surface area contributed by atoms with Gasteiger partial charge in [-0.15, -0.1) is 0 Å². The van der Waals surface area contributed by atoms with Crippen molar-refractivity contribution >= 4 is 6.09 Å². The van der Waals surface area contributed by atoms with Gasteiger partial charge in [0.2, 0.25) is 0 Å². The van der Waals surface area contributed by atoms with Crippen molar-refractivity contribution in [2.45, 2.75) is 45.6 Å². The van der Waals surface area contributed by atoms with Gasteiger partial charge in [0.05, 0.1) is 6.61 Å². The van der Waals surface area contributed by atoms with Gasteiger partial charge in [0.15, 0.2) is 5.72 Å². The average Bonchev–Trinajstić information content (AvgIpc) is 2.35. The summed E-state index contributed by atoms with van der Waals surface area (Å²) in [6.45, 7) is 11.2. The Morgan fingerprint density at radius 1 is 1.25 bits per heavy atom. The molecular formula is C16H23NO3. The molecule has 0 aliphatic carbocycles. The molecule has 0 saturated carbocycles. The summed E-state index contributed by atoms with van der Waals surface area (Å²) in [6, 6.07) is 9.72. The number of nitrogens with one attached hydrogen (secondary N) is 1. The molecule has 1 rings (SSSR count). The molecule has 0 aromatic heterocycles. The first-order chi connectivity index (χ1) is 9.24. The third-order valence-electron chi connectivity index (χ3n) is 2.52. The third kappa shape index (κ3) is 5.89. The summed E-state index contributed by atoms with van der Waals surface area (Å²) in [4.78, 5) is 11.8. The molecule has 110 valence electrons. The first kappa shape index (κ1) is 16.2. The number of ether oxygens (including phenoxy) is 2. The van der Waals surface area contributed by atoms with Gasteiger partial charge in [0.1, 0.15) is 5.60 Å². The van der Waals surface area contributed by atoms with Crippen LogP contribution in [0.3, 0.4) is 0 Å². The monoisotopic (exact) mass is 277 g/mol. The first-order valence-electron chi connectivity index (χ1n) is 6.57. The number of rotatable bonds is 5. The Bertz CT molecular complexity index is 451. The van der Waals surface area contributed by atoms with E-state index in [1.165, 1.54) is 0 Å². The van der Waals surface area contributed by atoms with E-state index in [0.29, 0.717) is 6.61 Å². The number of alkyl carbamates (subject to hydrolysis) is 1. The minimum absolute atomic E-state index is 0.374. The molecule has 1 atom stereocenters. The maximum atomic E-state index is 11.8. The molecule has 4 heteroatoms. The SMILES string of the molecule is C=CC(C)(NC(=O)OC(C)(C)C)OCc1ccccc1. The van der Waals surface area contributed by atoms with Gasteiger partial charge in [-0.1, -0.05) is 36.9 Å². The Hall–Kier alpha value is -1.81. The molecule has 20 heavy (non-hydrogen) atoms. The highest BCUT2D eigenvalue weighted by molar-refractivity contribution is 5.68. The standard InChI is InChI=1S/C16H23NO3/c1-6-16(5,17-14(18)20-15(2,3)4)19-12-13-10-8-7-9-11-13/h6-11H,1,12H2,2-5H3,(H,17,18). The topological polar surface area (TPSA) is 47.6 Å². The fourth-order valence-corrected chi connectivity index (χ4v) is 1.46. The van der Waals surface area contributed by atoms with E-state index in [4.69, 9.17) is 9.47 Å². The van der Waals surface area contributed by atoms with Crippen molar-refractivity contribution in [2.75, 3.05) is 0 Å². The van der Waals surface area contributed by atoms with E-state index in [1.807, 2.05) is 51.1 Å². The zero-order chi connectivity index (χ0) is 15.2. The first-order valence-corrected chi connectivity index (χ1v) is 6.57. The lowest BCUT2D eigenvalue weighted by Gasteiger charge is -2.29. The predicted octanol–water partition coefficient (Wildman–Crippen LogP) is 3.63. The van der Waals surface area contributed by atoms with Gasteiger partial charge in [-0.05, 0) is 39.3 Å². The zero-order valence-electron chi connectivity index (χ0n) is 12.6. The van der Waals surface area contributed by atoms with Crippen LogP contribution in [0.25, 0.3) is 0 Å². The highest BCUT2D eigenvalue weighted by atomic mass is 16.6. The summed E-state index contributed by atoms with van der Waals surface area (Å²) >= 11 is 0. The molecule has 1 amide bonds. The van der Waals surface area contributed by atoms with Crippen LogP contribution in [0.15, 0.2) is 43.0 Å². The van der Waals surface area contributed by atoms with Gasteiger partial charge >= 0.3 is 6.09 Å². The number of hydrogen-bond donors (Lipinski definition) is 1. The second kappa shape index (κ2) is 6.57. The fourth-order valence-electron chi connectivity index (χ4n) is 1.46. The maximum Gasteiger partial charge on any atom is 0.410 e. The number of carbonyl (C=O) groups is 1. The molecular weight excluding hydrogens is 254 g/mol. The second-order valence-electron chi connectivity index (χ2n) is 5.71. The van der Waals surface area contributed by atoms with E-state index in [2.05, 4.69) is 11.9 Å². The van der Waals surface area contributed by atoms with Crippen LogP contribution < -0.4 is 5.32 Å². The van der Waals surface area contributed by atoms with E-state index in [9.17, 15) is 4.79 Å². The van der Waals surface area contributed by atoms with Crippen LogP contribution in [0.2, 0.25) is 0 Å². The smallest absolute Gasteiger partial charge is 0.410 e. The minimum atomic E-state index is -0.974. The summed E-state index contributed by atoms with van der Waals surface area (Å²) < 4.78 is 10.9. The summed E-state index contributed by atoms with van der Waals surface area (Å²) in [6.07, 6.45) is 1.01. The molecule has 0 radical (unpaired) electrons. The second-order valence-corrected chi connectivity index (χ2v) is 5.71. The van der Waals surface area contributed by atoms with Crippen LogP contribution in [0.5, 0.6) is 0 Å². The maximum absolute atomic E-state index is 11.8. The van der Waals surface area contributed by atoms with Gasteiger partial charge in [-0.3, -0.25) is 5.32 Å². The van der Waals surface area contributed by atoms with Crippen molar-refractivity contribution in [2.24, 2.45) is 0 Å². The van der Waals surface area contributed by atoms with Crippen molar-refractivity contribution in [1.29, 1.82) is 0 Å². The molecule has 0 spiro atoms. The number of benzene rings is 1. The minimum Gasteiger partial charge on any atom is -0.444 e. The van der Waals surface area contributed by atoms with Crippen LogP contribution in [-0.2, 0) is 16.1 Å². The Morgan fingerprint density at radius 2 is 1.85 bits per heavy atom. The van der Waals surface area contributed by atoms with Crippen molar-refractivity contribution < 1.29 is 14.3 Å². The Morgan fingerprint density at radius 3 is 2.35 bits per heavy atom. The van der Waals surface area contributed by atoms with Crippen LogP contribution >= 0.6 is 0 Å². The fraction of sp³-hybridized carbons (Fsp3) is 0.438. The highest BCUT2D eigenvalue weighted by Crippen LogP contribution is 2.14. The van der Waals surface area contributed by atoms with Gasteiger partial charge < -0.3 is 9.47 Å². The van der Waals surface area contributed by atoms with Crippen LogP contribution in [0, 0.1) is 0 Å². The van der Waals surface area contributed by atoms with Gasteiger partial charge in [0.25, 0.3) is 0 Å². The summed E-state index contributed by atoms with van der Waals surface area (Å²) in [7, 11) is 0. The van der Waals surface area contributed by atoms with Gasteiger partial charge in [-0.2, -0.15) is 0 Å². The molecule has 0 aliphatic heterocycles. The van der Waals surface area contributed by atoms with E-state index in [0.717, 1.165) is 5.56 Å². The summed E-state index contributed by atoms with van der Waals surface area (Å²) in [5, 5.41) is 2.67. The van der Waals surface area contributed by atoms with Crippen molar-refractivity contribution in [3.63, 3.8) is 0 Å². The Kier molecular flexibility index (Phi) is 5.34. The molecule has 4 nitrogen and oxygen atoms in total. The van der Waals surface area contributed by atoms with E-state index < -0.39 is 17.4 Å². The molecule has 0 heterocycles. The van der Waals surface area contributed by atoms with Crippen LogP contribution in [0.4, 0.5) is 4.79 Å². The number of hydrogen-bond acceptors (Lipinski definition) is 3. The van der Waals surface area contributed by atoms with Gasteiger partial charge in [0, 0.05) is 0 Å². The van der Waals surface area contributed by atoms with Crippen LogP contribution in [0.1, 0.15) is 33.3 Å². The van der Waals surface area contributed by atoms with Crippen molar-refractivity contribution in [3.8, 4) is 0 Å². The normalized spacial score (nSPS) is 14.2. The molecule has 1 N–H and O–H groups in total. The Labute approximate surface area is 120 Å². The molecule has 0 saturated heterocycles. The predicted molar refractivity (Wildman–Crippen MR) is 79.2 cm³/mol. The Balaban J connectivity index is 2.58. The lowest BCUT2D eigenvalue weighted by Crippen LogP contribution is -2.48. The lowest BCUT2D eigenvalue weighted by atomic mass is 10.2. The largest absolute Gasteiger partial charge is 0.444 e. The van der Waals surface area contributed by atoms with E-state index in [-0.39, 0.29) is 0 Å². The highest BCUT2D eigenvalue weighted by Gasteiger charge is 2.26. The quantitative estimate of drug-likeness (QED) is 0.660. The molecule has 1 unspecified atom stereocenters. The summed E-state index contributed by atoms with van der Waals surface area (Å²) in [5.74, 6) is 0.